The maximum Gasteiger partial charge on any atom is 0.358 e. The molecule has 0 aromatic carbocycles. The van der Waals surface area contributed by atoms with E-state index >= 15 is 0 Å². The zero-order chi connectivity index (χ0) is 13.1. The van der Waals surface area contributed by atoms with E-state index in [0.29, 0.717) is 13.0 Å². The summed E-state index contributed by atoms with van der Waals surface area (Å²) in [6, 6.07) is 0. The van der Waals surface area contributed by atoms with Gasteiger partial charge in [-0.3, -0.25) is 0 Å². The van der Waals surface area contributed by atoms with E-state index in [4.69, 9.17) is 10.2 Å². The van der Waals surface area contributed by atoms with Crippen molar-refractivity contribution in [2.24, 2.45) is 5.92 Å². The zero-order valence-electron chi connectivity index (χ0n) is 10.5. The summed E-state index contributed by atoms with van der Waals surface area (Å²) in [6.07, 6.45) is 3.86. The van der Waals surface area contributed by atoms with Crippen LogP contribution >= 0.6 is 0 Å². The van der Waals surface area contributed by atoms with E-state index in [0.717, 1.165) is 25.0 Å². The lowest BCUT2D eigenvalue weighted by molar-refractivity contribution is 0.0687. The second-order valence-electron chi connectivity index (χ2n) is 5.06. The zero-order valence-corrected chi connectivity index (χ0v) is 10.5. The molecule has 1 atom stereocenters. The number of aromatic carboxylic acids is 1. The third-order valence-electron chi connectivity index (χ3n) is 3.57. The Morgan fingerprint density at radius 1 is 1.56 bits per heavy atom. The number of carbonyl (C=O) groups is 1. The predicted molar refractivity (Wildman–Crippen MR) is 64.4 cm³/mol. The molecule has 0 bridgehead atoms. The lowest BCUT2D eigenvalue weighted by Gasteiger charge is -2.26. The van der Waals surface area contributed by atoms with Crippen LogP contribution in [0.15, 0.2) is 0 Å². The van der Waals surface area contributed by atoms with Crippen molar-refractivity contribution in [3.8, 4) is 0 Å². The lowest BCUT2D eigenvalue weighted by Crippen LogP contribution is -2.20. The fraction of sp³-hybridized carbons (Fsp3) is 0.750. The van der Waals surface area contributed by atoms with E-state index < -0.39 is 5.97 Å². The second-order valence-corrected chi connectivity index (χ2v) is 5.06. The number of aliphatic hydroxyl groups is 1. The summed E-state index contributed by atoms with van der Waals surface area (Å²) < 4.78 is 1.72. The SMILES string of the molecule is CC(CCO)Cn1nnc(C(=O)O)c1C1CCC1. The van der Waals surface area contributed by atoms with Crippen LogP contribution in [0.1, 0.15) is 54.7 Å². The van der Waals surface area contributed by atoms with Gasteiger partial charge in [-0.15, -0.1) is 5.10 Å². The highest BCUT2D eigenvalue weighted by molar-refractivity contribution is 5.86. The number of carboxylic acid groups (broad SMARTS) is 1. The van der Waals surface area contributed by atoms with Gasteiger partial charge in [-0.25, -0.2) is 9.48 Å². The summed E-state index contributed by atoms with van der Waals surface area (Å²) in [4.78, 5) is 11.1. The molecule has 0 amide bonds. The van der Waals surface area contributed by atoms with Crippen molar-refractivity contribution in [2.45, 2.75) is 45.1 Å². The summed E-state index contributed by atoms with van der Waals surface area (Å²) in [6.45, 7) is 2.77. The molecule has 2 N–H and O–H groups in total. The van der Waals surface area contributed by atoms with Crippen LogP contribution in [-0.2, 0) is 6.54 Å². The fourth-order valence-corrected chi connectivity index (χ4v) is 2.30. The van der Waals surface area contributed by atoms with Gasteiger partial charge >= 0.3 is 5.97 Å². The standard InChI is InChI=1S/C12H19N3O3/c1-8(5-6-16)7-15-11(9-3-2-4-9)10(12(17)18)13-14-15/h8-9,16H,2-7H2,1H3,(H,17,18). The minimum Gasteiger partial charge on any atom is -0.476 e. The Morgan fingerprint density at radius 3 is 2.78 bits per heavy atom. The maximum absolute atomic E-state index is 11.1. The van der Waals surface area contributed by atoms with Gasteiger partial charge in [0, 0.05) is 19.1 Å². The Hall–Kier alpha value is -1.43. The first-order valence-electron chi connectivity index (χ1n) is 6.41. The van der Waals surface area contributed by atoms with Crippen LogP contribution in [0.4, 0.5) is 0 Å². The molecule has 1 aliphatic rings. The summed E-state index contributed by atoms with van der Waals surface area (Å²) in [7, 11) is 0. The van der Waals surface area contributed by atoms with Gasteiger partial charge in [0.1, 0.15) is 0 Å². The molecule has 2 rings (SSSR count). The van der Waals surface area contributed by atoms with Crippen LogP contribution < -0.4 is 0 Å². The summed E-state index contributed by atoms with van der Waals surface area (Å²) in [5, 5.41) is 25.8. The van der Waals surface area contributed by atoms with E-state index in [2.05, 4.69) is 10.3 Å². The molecule has 0 spiro atoms. The molecule has 1 aromatic rings. The molecular weight excluding hydrogens is 234 g/mol. The molecule has 0 radical (unpaired) electrons. The number of aromatic nitrogens is 3. The quantitative estimate of drug-likeness (QED) is 0.796. The van der Waals surface area contributed by atoms with Crippen LogP contribution in [0, 0.1) is 5.92 Å². The molecule has 6 heteroatoms. The predicted octanol–water partition coefficient (Wildman–Crippen LogP) is 1.26. The molecule has 1 saturated carbocycles. The molecule has 1 aromatic heterocycles. The summed E-state index contributed by atoms with van der Waals surface area (Å²) in [5.41, 5.74) is 0.856. The van der Waals surface area contributed by atoms with Crippen LogP contribution in [-0.4, -0.2) is 37.8 Å². The van der Waals surface area contributed by atoms with Crippen molar-refractivity contribution < 1.29 is 15.0 Å². The topological polar surface area (TPSA) is 88.2 Å². The van der Waals surface area contributed by atoms with Gasteiger partial charge < -0.3 is 10.2 Å². The number of carboxylic acids is 1. The van der Waals surface area contributed by atoms with Gasteiger partial charge in [-0.1, -0.05) is 18.6 Å². The van der Waals surface area contributed by atoms with Gasteiger partial charge in [0.15, 0.2) is 5.69 Å². The van der Waals surface area contributed by atoms with Gasteiger partial charge in [0.05, 0.1) is 5.69 Å². The number of rotatable bonds is 6. The Labute approximate surface area is 106 Å². The fourth-order valence-electron chi connectivity index (χ4n) is 2.30. The Kier molecular flexibility index (Phi) is 3.96. The van der Waals surface area contributed by atoms with Crippen LogP contribution in [0.5, 0.6) is 0 Å². The van der Waals surface area contributed by atoms with E-state index in [1.54, 1.807) is 4.68 Å². The van der Waals surface area contributed by atoms with Crippen molar-refractivity contribution in [3.05, 3.63) is 11.4 Å². The van der Waals surface area contributed by atoms with E-state index in [1.807, 2.05) is 6.92 Å². The first-order valence-corrected chi connectivity index (χ1v) is 6.41. The normalized spacial score (nSPS) is 17.4. The molecule has 1 unspecified atom stereocenters. The largest absolute Gasteiger partial charge is 0.476 e. The van der Waals surface area contributed by atoms with E-state index in [9.17, 15) is 4.79 Å². The lowest BCUT2D eigenvalue weighted by atomic mass is 9.82. The smallest absolute Gasteiger partial charge is 0.358 e. The molecule has 6 nitrogen and oxygen atoms in total. The highest BCUT2D eigenvalue weighted by Gasteiger charge is 2.30. The van der Waals surface area contributed by atoms with Crippen LogP contribution in [0.2, 0.25) is 0 Å². The van der Waals surface area contributed by atoms with Crippen molar-refractivity contribution >= 4 is 5.97 Å². The number of hydrogen-bond donors (Lipinski definition) is 2. The van der Waals surface area contributed by atoms with Gasteiger partial charge in [0.2, 0.25) is 0 Å². The Balaban J connectivity index is 2.21. The highest BCUT2D eigenvalue weighted by Crippen LogP contribution is 2.37. The molecule has 1 heterocycles. The first-order chi connectivity index (χ1) is 8.63. The minimum atomic E-state index is -1.00. The average Bonchev–Trinajstić information content (AvgIpc) is 2.60. The molecule has 1 fully saturated rings. The van der Waals surface area contributed by atoms with Crippen molar-refractivity contribution in [2.75, 3.05) is 6.61 Å². The highest BCUT2D eigenvalue weighted by atomic mass is 16.4. The third kappa shape index (κ3) is 2.53. The van der Waals surface area contributed by atoms with Crippen LogP contribution in [0.25, 0.3) is 0 Å². The molecule has 0 saturated heterocycles. The van der Waals surface area contributed by atoms with E-state index in [1.165, 1.54) is 0 Å². The molecular formula is C12H19N3O3. The molecule has 0 aliphatic heterocycles. The Bertz CT molecular complexity index is 426. The third-order valence-corrected chi connectivity index (χ3v) is 3.57. The summed E-state index contributed by atoms with van der Waals surface area (Å²) >= 11 is 0. The number of hydrogen-bond acceptors (Lipinski definition) is 4. The second kappa shape index (κ2) is 5.48. The maximum atomic E-state index is 11.1. The first kappa shape index (κ1) is 13.0. The van der Waals surface area contributed by atoms with Crippen LogP contribution in [0.3, 0.4) is 0 Å². The minimum absolute atomic E-state index is 0.0934. The van der Waals surface area contributed by atoms with Crippen molar-refractivity contribution in [1.29, 1.82) is 0 Å². The molecule has 18 heavy (non-hydrogen) atoms. The van der Waals surface area contributed by atoms with E-state index in [-0.39, 0.29) is 24.1 Å². The average molecular weight is 253 g/mol. The van der Waals surface area contributed by atoms with Gasteiger partial charge in [-0.2, -0.15) is 0 Å². The number of nitrogens with zero attached hydrogens (tertiary/aromatic N) is 3. The summed E-state index contributed by atoms with van der Waals surface area (Å²) in [5.74, 6) is -0.456. The van der Waals surface area contributed by atoms with Crippen molar-refractivity contribution in [1.82, 2.24) is 15.0 Å². The molecule has 100 valence electrons. The Morgan fingerprint density at radius 2 is 2.28 bits per heavy atom. The van der Waals surface area contributed by atoms with Gasteiger partial charge in [-0.05, 0) is 25.2 Å². The van der Waals surface area contributed by atoms with Crippen molar-refractivity contribution in [3.63, 3.8) is 0 Å². The monoisotopic (exact) mass is 253 g/mol. The van der Waals surface area contributed by atoms with Gasteiger partial charge in [0.25, 0.3) is 0 Å². The number of aliphatic hydroxyl groups excluding tert-OH is 1. The molecule has 1 aliphatic carbocycles.